The average molecular weight is 426 g/mol. The minimum atomic E-state index is 0.0642. The number of carbonyl (C=O) groups excluding carboxylic acids is 1. The van der Waals surface area contributed by atoms with E-state index < -0.39 is 0 Å². The molecule has 2 heterocycles. The Balaban J connectivity index is 1.41. The number of hydrogen-bond donors (Lipinski definition) is 1. The van der Waals surface area contributed by atoms with Crippen LogP contribution in [0.1, 0.15) is 26.4 Å². The number of thiazole rings is 1. The van der Waals surface area contributed by atoms with Crippen molar-refractivity contribution in [2.45, 2.75) is 20.3 Å². The van der Waals surface area contributed by atoms with E-state index in [9.17, 15) is 4.79 Å². The fourth-order valence-electron chi connectivity index (χ4n) is 4.06. The van der Waals surface area contributed by atoms with E-state index in [1.165, 1.54) is 10.4 Å². The molecule has 0 spiro atoms. The Bertz CT molecular complexity index is 1260. The van der Waals surface area contributed by atoms with Crippen LogP contribution in [-0.4, -0.2) is 17.4 Å². The number of nitrogens with zero attached hydrogens (tertiary/aromatic N) is 2. The summed E-state index contributed by atoms with van der Waals surface area (Å²) in [5.74, 6) is 0.0642. The van der Waals surface area contributed by atoms with Gasteiger partial charge in [-0.3, -0.25) is 4.79 Å². The first-order valence-corrected chi connectivity index (χ1v) is 11.2. The highest BCUT2D eigenvalue weighted by Gasteiger charge is 2.26. The van der Waals surface area contributed by atoms with E-state index in [0.29, 0.717) is 6.54 Å². The molecule has 5 heteroatoms. The molecule has 31 heavy (non-hydrogen) atoms. The number of benzene rings is 3. The maximum Gasteiger partial charge on any atom is 0.258 e. The predicted octanol–water partition coefficient (Wildman–Crippen LogP) is 6.37. The fraction of sp³-hybridized carbons (Fsp3) is 0.154. The molecule has 5 rings (SSSR count). The van der Waals surface area contributed by atoms with Gasteiger partial charge in [0.2, 0.25) is 0 Å². The molecular formula is C26H23N3OS. The van der Waals surface area contributed by atoms with Gasteiger partial charge in [-0.25, -0.2) is 4.98 Å². The molecular weight excluding hydrogens is 402 g/mol. The van der Waals surface area contributed by atoms with Crippen molar-refractivity contribution in [2.24, 2.45) is 0 Å². The fourth-order valence-corrected chi connectivity index (χ4v) is 4.91. The number of nitrogens with one attached hydrogen (secondary N) is 1. The molecule has 1 aliphatic rings. The van der Waals surface area contributed by atoms with Crippen molar-refractivity contribution in [3.05, 3.63) is 94.4 Å². The third-order valence-corrected chi connectivity index (χ3v) is 6.47. The van der Waals surface area contributed by atoms with Gasteiger partial charge in [0.1, 0.15) is 0 Å². The van der Waals surface area contributed by atoms with E-state index in [0.717, 1.165) is 45.3 Å². The highest BCUT2D eigenvalue weighted by molar-refractivity contribution is 7.16. The van der Waals surface area contributed by atoms with Gasteiger partial charge < -0.3 is 10.2 Å². The molecule has 154 valence electrons. The Morgan fingerprint density at radius 1 is 1.00 bits per heavy atom. The predicted molar refractivity (Wildman–Crippen MR) is 129 cm³/mol. The van der Waals surface area contributed by atoms with E-state index in [2.05, 4.69) is 30.4 Å². The number of anilines is 3. The van der Waals surface area contributed by atoms with Gasteiger partial charge in [0.15, 0.2) is 5.13 Å². The molecule has 1 N–H and O–H groups in total. The highest BCUT2D eigenvalue weighted by Crippen LogP contribution is 2.36. The third-order valence-electron chi connectivity index (χ3n) is 5.58. The van der Waals surface area contributed by atoms with Crippen LogP contribution in [0.3, 0.4) is 0 Å². The van der Waals surface area contributed by atoms with Gasteiger partial charge in [0.05, 0.1) is 5.69 Å². The maximum atomic E-state index is 13.1. The average Bonchev–Trinajstić information content (AvgIpc) is 3.36. The van der Waals surface area contributed by atoms with Crippen LogP contribution in [0, 0.1) is 13.8 Å². The van der Waals surface area contributed by atoms with Crippen LogP contribution in [-0.2, 0) is 6.42 Å². The summed E-state index contributed by atoms with van der Waals surface area (Å²) in [6.45, 7) is 4.82. The lowest BCUT2D eigenvalue weighted by molar-refractivity contribution is 0.0989. The summed E-state index contributed by atoms with van der Waals surface area (Å²) in [7, 11) is 0. The second-order valence-corrected chi connectivity index (χ2v) is 9.04. The molecule has 0 radical (unpaired) electrons. The Kier molecular flexibility index (Phi) is 5.04. The van der Waals surface area contributed by atoms with Crippen molar-refractivity contribution in [2.75, 3.05) is 16.8 Å². The Labute approximate surface area is 186 Å². The first-order chi connectivity index (χ1) is 15.1. The number of aromatic nitrogens is 1. The summed E-state index contributed by atoms with van der Waals surface area (Å²) >= 11 is 1.65. The molecule has 0 saturated heterocycles. The molecule has 0 atom stereocenters. The van der Waals surface area contributed by atoms with Gasteiger partial charge in [0.25, 0.3) is 5.91 Å². The first kappa shape index (κ1) is 19.5. The molecule has 0 bridgehead atoms. The monoisotopic (exact) mass is 425 g/mol. The van der Waals surface area contributed by atoms with Crippen molar-refractivity contribution in [1.82, 2.24) is 4.98 Å². The lowest BCUT2D eigenvalue weighted by atomic mass is 10.1. The van der Waals surface area contributed by atoms with Gasteiger partial charge in [-0.1, -0.05) is 42.0 Å². The van der Waals surface area contributed by atoms with Crippen LogP contribution in [0.4, 0.5) is 16.5 Å². The molecule has 1 aromatic heterocycles. The lowest BCUT2D eigenvalue weighted by Gasteiger charge is -2.18. The number of amides is 1. The van der Waals surface area contributed by atoms with Gasteiger partial charge >= 0.3 is 0 Å². The summed E-state index contributed by atoms with van der Waals surface area (Å²) in [5, 5.41) is 4.27. The zero-order chi connectivity index (χ0) is 21.4. The summed E-state index contributed by atoms with van der Waals surface area (Å²) < 4.78 is 0. The SMILES string of the molecule is Cc1cccc(C(=O)N2CCc3cc(-c4nc(Nc5ccccc5)sc4C)ccc32)c1. The van der Waals surface area contributed by atoms with Crippen molar-refractivity contribution >= 4 is 33.8 Å². The zero-order valence-electron chi connectivity index (χ0n) is 17.6. The standard InChI is InChI=1S/C26H23N3OS/c1-17-7-6-8-21(15-17)25(30)29-14-13-19-16-20(11-12-23(19)29)24-18(2)31-26(28-24)27-22-9-4-3-5-10-22/h3-12,15-16H,13-14H2,1-2H3,(H,27,28). The normalized spacial score (nSPS) is 12.6. The number of fused-ring (bicyclic) bond motifs is 1. The Morgan fingerprint density at radius 3 is 2.65 bits per heavy atom. The summed E-state index contributed by atoms with van der Waals surface area (Å²) in [6, 6.07) is 24.2. The summed E-state index contributed by atoms with van der Waals surface area (Å²) in [5.41, 5.74) is 7.16. The molecule has 4 nitrogen and oxygen atoms in total. The van der Waals surface area contributed by atoms with Crippen LogP contribution < -0.4 is 10.2 Å². The molecule has 0 aliphatic carbocycles. The van der Waals surface area contributed by atoms with Crippen molar-refractivity contribution in [3.63, 3.8) is 0 Å². The Hall–Kier alpha value is -3.44. The summed E-state index contributed by atoms with van der Waals surface area (Å²) in [4.78, 5) is 21.0. The van der Waals surface area contributed by atoms with Crippen LogP contribution in [0.25, 0.3) is 11.3 Å². The largest absolute Gasteiger partial charge is 0.332 e. The van der Waals surface area contributed by atoms with Crippen molar-refractivity contribution in [1.29, 1.82) is 0 Å². The van der Waals surface area contributed by atoms with Crippen LogP contribution >= 0.6 is 11.3 Å². The van der Waals surface area contributed by atoms with Gasteiger partial charge in [0, 0.05) is 33.9 Å². The Morgan fingerprint density at radius 2 is 1.84 bits per heavy atom. The second kappa shape index (κ2) is 8.00. The number of hydrogen-bond acceptors (Lipinski definition) is 4. The first-order valence-electron chi connectivity index (χ1n) is 10.4. The van der Waals surface area contributed by atoms with Crippen molar-refractivity contribution in [3.8, 4) is 11.3 Å². The molecule has 1 aliphatic heterocycles. The van der Waals surface area contributed by atoms with E-state index in [-0.39, 0.29) is 5.91 Å². The number of aryl methyl sites for hydroxylation is 2. The van der Waals surface area contributed by atoms with E-state index in [1.807, 2.05) is 66.4 Å². The molecule has 4 aromatic rings. The van der Waals surface area contributed by atoms with E-state index in [1.54, 1.807) is 11.3 Å². The number of carbonyl (C=O) groups is 1. The quantitative estimate of drug-likeness (QED) is 0.413. The van der Waals surface area contributed by atoms with E-state index >= 15 is 0 Å². The number of para-hydroxylation sites is 1. The third kappa shape index (κ3) is 3.84. The molecule has 0 saturated carbocycles. The minimum absolute atomic E-state index is 0.0642. The minimum Gasteiger partial charge on any atom is -0.332 e. The highest BCUT2D eigenvalue weighted by atomic mass is 32.1. The number of rotatable bonds is 4. The molecule has 3 aromatic carbocycles. The molecule has 1 amide bonds. The van der Waals surface area contributed by atoms with Crippen LogP contribution in [0.15, 0.2) is 72.8 Å². The molecule has 0 unspecified atom stereocenters. The topological polar surface area (TPSA) is 45.2 Å². The summed E-state index contributed by atoms with van der Waals surface area (Å²) in [6.07, 6.45) is 0.860. The zero-order valence-corrected chi connectivity index (χ0v) is 18.4. The van der Waals surface area contributed by atoms with Gasteiger partial charge in [-0.15, -0.1) is 11.3 Å². The lowest BCUT2D eigenvalue weighted by Crippen LogP contribution is -2.28. The molecule has 0 fully saturated rings. The maximum absolute atomic E-state index is 13.1. The van der Waals surface area contributed by atoms with Gasteiger partial charge in [-0.2, -0.15) is 0 Å². The van der Waals surface area contributed by atoms with Crippen LogP contribution in [0.5, 0.6) is 0 Å². The van der Waals surface area contributed by atoms with E-state index in [4.69, 9.17) is 4.98 Å². The van der Waals surface area contributed by atoms with Gasteiger partial charge in [-0.05, 0) is 62.2 Å². The smallest absolute Gasteiger partial charge is 0.258 e. The van der Waals surface area contributed by atoms with Crippen LogP contribution in [0.2, 0.25) is 0 Å². The van der Waals surface area contributed by atoms with Crippen molar-refractivity contribution < 1.29 is 4.79 Å². The second-order valence-electron chi connectivity index (χ2n) is 7.83.